The van der Waals surface area contributed by atoms with Crippen LogP contribution in [0, 0.1) is 0 Å². The molecule has 2 rings (SSSR count). The van der Waals surface area contributed by atoms with E-state index in [0.717, 1.165) is 0 Å². The van der Waals surface area contributed by atoms with Crippen LogP contribution in [0.15, 0.2) is 30.3 Å². The molecule has 1 aromatic carbocycles. The minimum atomic E-state index is -3.09. The first-order valence-corrected chi connectivity index (χ1v) is 8.83. The van der Waals surface area contributed by atoms with Gasteiger partial charge in [0.25, 0.3) is 0 Å². The van der Waals surface area contributed by atoms with Crippen LogP contribution in [-0.4, -0.2) is 27.8 Å². The van der Waals surface area contributed by atoms with Crippen molar-refractivity contribution in [2.75, 3.05) is 19.3 Å². The maximum atomic E-state index is 10.9. The molecule has 0 fully saturated rings. The molecule has 0 bridgehead atoms. The number of sulfonamides is 1. The molecule has 1 heterocycles. The van der Waals surface area contributed by atoms with Crippen molar-refractivity contribution < 1.29 is 8.42 Å². The normalized spacial score (nSPS) is 13.8. The number of benzene rings is 1. The fourth-order valence-electron chi connectivity index (χ4n) is 1.84. The Kier molecular flexibility index (Phi) is 4.57. The van der Waals surface area contributed by atoms with Crippen LogP contribution < -0.4 is 10.0 Å². The summed E-state index contributed by atoms with van der Waals surface area (Å²) in [5, 5.41) is 4.57. The first kappa shape index (κ1) is 14.5. The SMILES string of the molecule is CC(NCCNS(C)(=O)=O)c1cc2ccccc2s1. The molecule has 1 atom stereocenters. The van der Waals surface area contributed by atoms with Crippen molar-refractivity contribution in [1.29, 1.82) is 0 Å². The van der Waals surface area contributed by atoms with Gasteiger partial charge in [0, 0.05) is 28.7 Å². The molecule has 6 heteroatoms. The number of nitrogens with one attached hydrogen (secondary N) is 2. The molecule has 2 N–H and O–H groups in total. The highest BCUT2D eigenvalue weighted by atomic mass is 32.2. The van der Waals surface area contributed by atoms with E-state index in [1.807, 2.05) is 12.1 Å². The number of hydrogen-bond donors (Lipinski definition) is 2. The van der Waals surface area contributed by atoms with Gasteiger partial charge < -0.3 is 5.32 Å². The van der Waals surface area contributed by atoms with Gasteiger partial charge in [0.05, 0.1) is 6.26 Å². The van der Waals surface area contributed by atoms with Crippen LogP contribution in [0.4, 0.5) is 0 Å². The molecule has 0 radical (unpaired) electrons. The zero-order valence-electron chi connectivity index (χ0n) is 11.0. The van der Waals surface area contributed by atoms with Gasteiger partial charge in [-0.15, -0.1) is 11.3 Å². The Hall–Kier alpha value is -0.950. The van der Waals surface area contributed by atoms with E-state index in [1.165, 1.54) is 21.2 Å². The number of thiophene rings is 1. The summed E-state index contributed by atoms with van der Waals surface area (Å²) in [6, 6.07) is 10.7. The third-order valence-corrected chi connectivity index (χ3v) is 4.84. The first-order valence-electron chi connectivity index (χ1n) is 6.12. The zero-order chi connectivity index (χ0) is 13.9. The lowest BCUT2D eigenvalue weighted by molar-refractivity contribution is 0.560. The average molecular weight is 298 g/mol. The Morgan fingerprint density at radius 2 is 2.00 bits per heavy atom. The molecule has 0 aliphatic carbocycles. The topological polar surface area (TPSA) is 58.2 Å². The third kappa shape index (κ3) is 4.28. The summed E-state index contributed by atoms with van der Waals surface area (Å²) in [4.78, 5) is 1.26. The zero-order valence-corrected chi connectivity index (χ0v) is 12.6. The van der Waals surface area contributed by atoms with Gasteiger partial charge in [-0.05, 0) is 24.4 Å². The average Bonchev–Trinajstić information content (AvgIpc) is 2.77. The molecule has 1 unspecified atom stereocenters. The lowest BCUT2D eigenvalue weighted by Crippen LogP contribution is -2.32. The van der Waals surface area contributed by atoms with Crippen molar-refractivity contribution in [3.8, 4) is 0 Å². The van der Waals surface area contributed by atoms with Gasteiger partial charge in [0.15, 0.2) is 0 Å². The molecule has 0 amide bonds. The Morgan fingerprint density at radius 1 is 1.26 bits per heavy atom. The van der Waals surface area contributed by atoms with Gasteiger partial charge in [0.1, 0.15) is 0 Å². The smallest absolute Gasteiger partial charge is 0.208 e. The van der Waals surface area contributed by atoms with Crippen LogP contribution in [0.25, 0.3) is 10.1 Å². The minimum Gasteiger partial charge on any atom is -0.308 e. The second kappa shape index (κ2) is 6.00. The monoisotopic (exact) mass is 298 g/mol. The quantitative estimate of drug-likeness (QED) is 0.803. The van der Waals surface area contributed by atoms with Crippen molar-refractivity contribution in [3.05, 3.63) is 35.2 Å². The van der Waals surface area contributed by atoms with E-state index in [0.29, 0.717) is 13.1 Å². The molecule has 0 aliphatic heterocycles. The lowest BCUT2D eigenvalue weighted by Gasteiger charge is -2.11. The molecular weight excluding hydrogens is 280 g/mol. The van der Waals surface area contributed by atoms with Crippen molar-refractivity contribution in [1.82, 2.24) is 10.0 Å². The van der Waals surface area contributed by atoms with Gasteiger partial charge in [0.2, 0.25) is 10.0 Å². The fourth-order valence-corrected chi connectivity index (χ4v) is 3.41. The van der Waals surface area contributed by atoms with E-state index in [4.69, 9.17) is 0 Å². The molecule has 19 heavy (non-hydrogen) atoms. The number of hydrogen-bond acceptors (Lipinski definition) is 4. The molecule has 4 nitrogen and oxygen atoms in total. The molecule has 0 aliphatic rings. The highest BCUT2D eigenvalue weighted by Crippen LogP contribution is 2.29. The highest BCUT2D eigenvalue weighted by molar-refractivity contribution is 7.88. The van der Waals surface area contributed by atoms with Crippen molar-refractivity contribution in [2.45, 2.75) is 13.0 Å². The molecular formula is C13H18N2O2S2. The maximum Gasteiger partial charge on any atom is 0.208 e. The molecule has 0 spiro atoms. The molecule has 104 valence electrons. The van der Waals surface area contributed by atoms with Crippen molar-refractivity contribution >= 4 is 31.4 Å². The fraction of sp³-hybridized carbons (Fsp3) is 0.385. The molecule has 1 aromatic heterocycles. The second-order valence-electron chi connectivity index (χ2n) is 4.53. The summed E-state index contributed by atoms with van der Waals surface area (Å²) in [6.45, 7) is 3.11. The van der Waals surface area contributed by atoms with E-state index < -0.39 is 10.0 Å². The standard InChI is InChI=1S/C13H18N2O2S2/c1-10(14-7-8-15-19(2,16)17)13-9-11-5-3-4-6-12(11)18-13/h3-6,9-10,14-15H,7-8H2,1-2H3. The number of fused-ring (bicyclic) bond motifs is 1. The molecule has 0 saturated carbocycles. The van der Waals surface area contributed by atoms with E-state index in [-0.39, 0.29) is 6.04 Å². The van der Waals surface area contributed by atoms with Gasteiger partial charge in [-0.1, -0.05) is 18.2 Å². The third-order valence-electron chi connectivity index (χ3n) is 2.81. The Morgan fingerprint density at radius 3 is 2.68 bits per heavy atom. The van der Waals surface area contributed by atoms with Crippen LogP contribution >= 0.6 is 11.3 Å². The summed E-state index contributed by atoms with van der Waals surface area (Å²) in [5.41, 5.74) is 0. The van der Waals surface area contributed by atoms with Crippen molar-refractivity contribution in [3.63, 3.8) is 0 Å². The second-order valence-corrected chi connectivity index (χ2v) is 7.48. The Labute approximate surface area is 117 Å². The molecule has 0 saturated heterocycles. The Bertz CT molecular complexity index is 616. The summed E-state index contributed by atoms with van der Waals surface area (Å²) >= 11 is 1.77. The van der Waals surface area contributed by atoms with Gasteiger partial charge in [-0.2, -0.15) is 0 Å². The predicted octanol–water partition coefficient (Wildman–Crippen LogP) is 2.10. The van der Waals surface area contributed by atoms with E-state index in [1.54, 1.807) is 11.3 Å². The first-order chi connectivity index (χ1) is 8.96. The lowest BCUT2D eigenvalue weighted by atomic mass is 10.2. The largest absolute Gasteiger partial charge is 0.308 e. The summed E-state index contributed by atoms with van der Waals surface area (Å²) in [7, 11) is -3.09. The summed E-state index contributed by atoms with van der Waals surface area (Å²) in [5.74, 6) is 0. The van der Waals surface area contributed by atoms with E-state index in [9.17, 15) is 8.42 Å². The predicted molar refractivity (Wildman–Crippen MR) is 81.1 cm³/mol. The van der Waals surface area contributed by atoms with Crippen LogP contribution in [0.2, 0.25) is 0 Å². The van der Waals surface area contributed by atoms with Crippen LogP contribution in [0.5, 0.6) is 0 Å². The summed E-state index contributed by atoms with van der Waals surface area (Å²) in [6.07, 6.45) is 1.17. The van der Waals surface area contributed by atoms with E-state index in [2.05, 4.69) is 35.2 Å². The van der Waals surface area contributed by atoms with Gasteiger partial charge in [-0.25, -0.2) is 13.1 Å². The minimum absolute atomic E-state index is 0.221. The van der Waals surface area contributed by atoms with Crippen LogP contribution in [-0.2, 0) is 10.0 Å². The van der Waals surface area contributed by atoms with Gasteiger partial charge >= 0.3 is 0 Å². The van der Waals surface area contributed by atoms with Crippen LogP contribution in [0.1, 0.15) is 17.8 Å². The summed E-state index contributed by atoms with van der Waals surface area (Å²) < 4.78 is 25.6. The highest BCUT2D eigenvalue weighted by Gasteiger charge is 2.09. The molecule has 2 aromatic rings. The van der Waals surface area contributed by atoms with E-state index >= 15 is 0 Å². The Balaban J connectivity index is 1.91. The number of rotatable bonds is 6. The van der Waals surface area contributed by atoms with Crippen molar-refractivity contribution in [2.24, 2.45) is 0 Å². The van der Waals surface area contributed by atoms with Crippen LogP contribution in [0.3, 0.4) is 0 Å². The maximum absolute atomic E-state index is 10.9. The van der Waals surface area contributed by atoms with Gasteiger partial charge in [-0.3, -0.25) is 0 Å².